The number of hydrogen-bond acceptors (Lipinski definition) is 6. The predicted molar refractivity (Wildman–Crippen MR) is 110 cm³/mol. The van der Waals surface area contributed by atoms with Crippen LogP contribution in [0.4, 0.5) is 5.69 Å². The van der Waals surface area contributed by atoms with E-state index in [9.17, 15) is 4.79 Å². The Kier molecular flexibility index (Phi) is 3.87. The molecule has 6 nitrogen and oxygen atoms in total. The molecule has 0 aliphatic carbocycles. The summed E-state index contributed by atoms with van der Waals surface area (Å²) in [7, 11) is 0. The van der Waals surface area contributed by atoms with Gasteiger partial charge in [0.25, 0.3) is 5.91 Å². The van der Waals surface area contributed by atoms with Gasteiger partial charge in [0.1, 0.15) is 5.52 Å². The summed E-state index contributed by atoms with van der Waals surface area (Å²) >= 11 is 1.36. The van der Waals surface area contributed by atoms with Crippen molar-refractivity contribution >= 4 is 44.4 Å². The van der Waals surface area contributed by atoms with Gasteiger partial charge in [0.05, 0.1) is 21.6 Å². The zero-order valence-corrected chi connectivity index (χ0v) is 15.7. The highest BCUT2D eigenvalue weighted by molar-refractivity contribution is 7.20. The first-order valence-corrected chi connectivity index (χ1v) is 9.49. The van der Waals surface area contributed by atoms with E-state index in [1.165, 1.54) is 11.3 Å². The van der Waals surface area contributed by atoms with Gasteiger partial charge >= 0.3 is 0 Å². The highest BCUT2D eigenvalue weighted by atomic mass is 32.1. The zero-order valence-electron chi connectivity index (χ0n) is 14.8. The number of thiazole rings is 1. The molecule has 5 aromatic rings. The number of aryl methyl sites for hydroxylation is 1. The maximum Gasteiger partial charge on any atom is 0.284 e. The van der Waals surface area contributed by atoms with Gasteiger partial charge in [-0.2, -0.15) is 0 Å². The van der Waals surface area contributed by atoms with E-state index in [4.69, 9.17) is 4.42 Å². The number of pyridine rings is 1. The molecule has 0 aliphatic rings. The first-order valence-electron chi connectivity index (χ1n) is 8.68. The van der Waals surface area contributed by atoms with Crippen LogP contribution in [0.15, 0.2) is 65.1 Å². The molecule has 0 bridgehead atoms. The average molecular weight is 386 g/mol. The van der Waals surface area contributed by atoms with Crippen LogP contribution in [0.3, 0.4) is 0 Å². The van der Waals surface area contributed by atoms with Crippen molar-refractivity contribution in [2.24, 2.45) is 0 Å². The standard InChI is InChI=1S/C21H14N4O2S/c1-12-15(23-18(26)21-25-14-9-5-6-10-17(14)28-21)11-16-20(22-12)27-19(24-16)13-7-3-2-4-8-13/h2-11H,1H3,(H,23,26). The number of oxazole rings is 1. The van der Waals surface area contributed by atoms with E-state index < -0.39 is 0 Å². The van der Waals surface area contributed by atoms with Gasteiger partial charge in [0.15, 0.2) is 5.01 Å². The first-order chi connectivity index (χ1) is 13.7. The number of amides is 1. The number of carbonyl (C=O) groups is 1. The average Bonchev–Trinajstić information content (AvgIpc) is 3.33. The second kappa shape index (κ2) is 6.54. The smallest absolute Gasteiger partial charge is 0.284 e. The molecule has 0 spiro atoms. The summed E-state index contributed by atoms with van der Waals surface area (Å²) in [6.07, 6.45) is 0. The fraction of sp³-hybridized carbons (Fsp3) is 0.0476. The summed E-state index contributed by atoms with van der Waals surface area (Å²) < 4.78 is 6.75. The molecule has 3 heterocycles. The number of nitrogens with one attached hydrogen (secondary N) is 1. The van der Waals surface area contributed by atoms with E-state index in [1.807, 2.05) is 61.5 Å². The number of aromatic nitrogens is 3. The molecule has 136 valence electrons. The fourth-order valence-corrected chi connectivity index (χ4v) is 3.79. The molecular weight excluding hydrogens is 372 g/mol. The van der Waals surface area contributed by atoms with E-state index in [0.29, 0.717) is 33.5 Å². The van der Waals surface area contributed by atoms with E-state index in [2.05, 4.69) is 20.3 Å². The maximum absolute atomic E-state index is 12.7. The van der Waals surface area contributed by atoms with Crippen LogP contribution in [0, 0.1) is 6.92 Å². The van der Waals surface area contributed by atoms with E-state index >= 15 is 0 Å². The van der Waals surface area contributed by atoms with Gasteiger partial charge in [-0.05, 0) is 37.3 Å². The largest absolute Gasteiger partial charge is 0.418 e. The van der Waals surface area contributed by atoms with Gasteiger partial charge in [-0.3, -0.25) is 4.79 Å². The highest BCUT2D eigenvalue weighted by Gasteiger charge is 2.16. The zero-order chi connectivity index (χ0) is 19.1. The predicted octanol–water partition coefficient (Wildman–Crippen LogP) is 5.06. The molecule has 3 aromatic heterocycles. The van der Waals surface area contributed by atoms with Crippen molar-refractivity contribution in [3.63, 3.8) is 0 Å². The number of hydrogen-bond donors (Lipinski definition) is 1. The number of para-hydroxylation sites is 1. The molecule has 0 unspecified atom stereocenters. The molecule has 1 N–H and O–H groups in total. The second-order valence-electron chi connectivity index (χ2n) is 6.27. The van der Waals surface area contributed by atoms with Gasteiger partial charge in [0, 0.05) is 5.56 Å². The minimum absolute atomic E-state index is 0.266. The highest BCUT2D eigenvalue weighted by Crippen LogP contribution is 2.27. The molecule has 0 saturated heterocycles. The lowest BCUT2D eigenvalue weighted by Gasteiger charge is -2.05. The van der Waals surface area contributed by atoms with E-state index in [0.717, 1.165) is 15.8 Å². The molecule has 0 atom stereocenters. The van der Waals surface area contributed by atoms with Crippen molar-refractivity contribution in [1.82, 2.24) is 15.0 Å². The summed E-state index contributed by atoms with van der Waals surface area (Å²) in [5.74, 6) is 0.231. The number of carbonyl (C=O) groups excluding carboxylic acids is 1. The lowest BCUT2D eigenvalue weighted by Crippen LogP contribution is -2.12. The van der Waals surface area contributed by atoms with Crippen LogP contribution in [0.5, 0.6) is 0 Å². The molecule has 5 rings (SSSR count). The first kappa shape index (κ1) is 16.6. The van der Waals surface area contributed by atoms with Crippen molar-refractivity contribution in [2.75, 3.05) is 5.32 Å². The monoisotopic (exact) mass is 386 g/mol. The molecule has 0 radical (unpaired) electrons. The Morgan fingerprint density at radius 3 is 2.57 bits per heavy atom. The van der Waals surface area contributed by atoms with Crippen LogP contribution in [0.25, 0.3) is 32.9 Å². The van der Waals surface area contributed by atoms with Gasteiger partial charge in [-0.15, -0.1) is 11.3 Å². The molecule has 28 heavy (non-hydrogen) atoms. The third-order valence-corrected chi connectivity index (χ3v) is 5.37. The molecule has 1 amide bonds. The molecular formula is C21H14N4O2S. The fourth-order valence-electron chi connectivity index (χ4n) is 2.93. The summed E-state index contributed by atoms with van der Waals surface area (Å²) in [4.78, 5) is 26.0. The lowest BCUT2D eigenvalue weighted by atomic mass is 10.2. The summed E-state index contributed by atoms with van der Waals surface area (Å²) in [5, 5.41) is 3.30. The van der Waals surface area contributed by atoms with Crippen LogP contribution in [-0.2, 0) is 0 Å². The topological polar surface area (TPSA) is 80.9 Å². The van der Waals surface area contributed by atoms with Gasteiger partial charge in [-0.1, -0.05) is 30.3 Å². The number of anilines is 1. The third-order valence-electron chi connectivity index (χ3n) is 4.33. The van der Waals surface area contributed by atoms with Crippen LogP contribution in [0.1, 0.15) is 15.5 Å². The van der Waals surface area contributed by atoms with Crippen LogP contribution in [-0.4, -0.2) is 20.9 Å². The minimum Gasteiger partial charge on any atom is -0.418 e. The van der Waals surface area contributed by atoms with Gasteiger partial charge in [0.2, 0.25) is 11.6 Å². The van der Waals surface area contributed by atoms with Crippen molar-refractivity contribution < 1.29 is 9.21 Å². The Balaban J connectivity index is 1.48. The van der Waals surface area contributed by atoms with Crippen molar-refractivity contribution in [3.8, 4) is 11.5 Å². The molecule has 2 aromatic carbocycles. The van der Waals surface area contributed by atoms with Crippen LogP contribution in [0.2, 0.25) is 0 Å². The molecule has 0 saturated carbocycles. The third kappa shape index (κ3) is 2.91. The van der Waals surface area contributed by atoms with Crippen LogP contribution < -0.4 is 5.32 Å². The maximum atomic E-state index is 12.7. The van der Waals surface area contributed by atoms with Crippen LogP contribution >= 0.6 is 11.3 Å². The Bertz CT molecular complexity index is 1290. The summed E-state index contributed by atoms with van der Waals surface area (Å²) in [6, 6.07) is 19.1. The van der Waals surface area contributed by atoms with E-state index in [-0.39, 0.29) is 5.91 Å². The normalized spacial score (nSPS) is 11.2. The molecule has 0 fully saturated rings. The summed E-state index contributed by atoms with van der Waals surface area (Å²) in [5.41, 5.74) is 3.95. The number of benzene rings is 2. The Morgan fingerprint density at radius 1 is 0.964 bits per heavy atom. The number of fused-ring (bicyclic) bond motifs is 2. The quantitative estimate of drug-likeness (QED) is 0.469. The van der Waals surface area contributed by atoms with Crippen molar-refractivity contribution in [3.05, 3.63) is 71.4 Å². The lowest BCUT2D eigenvalue weighted by molar-refractivity contribution is 0.102. The summed E-state index contributed by atoms with van der Waals surface area (Å²) in [6.45, 7) is 1.82. The molecule has 0 aliphatic heterocycles. The van der Waals surface area contributed by atoms with Crippen molar-refractivity contribution in [2.45, 2.75) is 6.92 Å². The number of nitrogens with zero attached hydrogens (tertiary/aromatic N) is 3. The Morgan fingerprint density at radius 2 is 1.75 bits per heavy atom. The second-order valence-corrected chi connectivity index (χ2v) is 7.30. The Labute approximate surface area is 163 Å². The SMILES string of the molecule is Cc1nc2oc(-c3ccccc3)nc2cc1NC(=O)c1nc2ccccc2s1. The minimum atomic E-state index is -0.266. The number of rotatable bonds is 3. The van der Waals surface area contributed by atoms with Gasteiger partial charge in [-0.25, -0.2) is 15.0 Å². The van der Waals surface area contributed by atoms with E-state index in [1.54, 1.807) is 6.07 Å². The Hall–Kier alpha value is -3.58. The van der Waals surface area contributed by atoms with Gasteiger partial charge < -0.3 is 9.73 Å². The van der Waals surface area contributed by atoms with Crippen molar-refractivity contribution in [1.29, 1.82) is 0 Å². The molecule has 7 heteroatoms.